The molecule has 0 saturated heterocycles. The average Bonchev–Trinajstić information content (AvgIpc) is 2.17. The summed E-state index contributed by atoms with van der Waals surface area (Å²) in [7, 11) is 1.51. The second-order valence-corrected chi connectivity index (χ2v) is 2.45. The number of carbonyl (C=O) groups is 2. The third kappa shape index (κ3) is 2.95. The molecule has 1 aromatic rings. The van der Waals surface area contributed by atoms with Gasteiger partial charge >= 0.3 is 0 Å². The van der Waals surface area contributed by atoms with Gasteiger partial charge in [-0.1, -0.05) is 0 Å². The Labute approximate surface area is 98.1 Å². The number of pyridine rings is 1. The minimum absolute atomic E-state index is 0. The fourth-order valence-corrected chi connectivity index (χ4v) is 0.890. The van der Waals surface area contributed by atoms with Crippen LogP contribution in [-0.2, 0) is 0 Å². The van der Waals surface area contributed by atoms with Crippen LogP contribution in [0, 0.1) is 0 Å². The molecule has 0 saturated carbocycles. The van der Waals surface area contributed by atoms with Crippen molar-refractivity contribution in [1.82, 2.24) is 5.32 Å². The molecule has 5 nitrogen and oxygen atoms in total. The largest absolute Gasteiger partial charge is 1.00 e. The van der Waals surface area contributed by atoms with Gasteiger partial charge in [0.05, 0.1) is 0 Å². The van der Waals surface area contributed by atoms with Crippen molar-refractivity contribution in [2.45, 2.75) is 0 Å². The molecular formula is C8H10IN3O2. The van der Waals surface area contributed by atoms with Crippen molar-refractivity contribution in [3.05, 3.63) is 29.6 Å². The van der Waals surface area contributed by atoms with Crippen LogP contribution in [0.4, 0.5) is 0 Å². The lowest BCUT2D eigenvalue weighted by Gasteiger charge is -1.96. The lowest BCUT2D eigenvalue weighted by molar-refractivity contribution is -0.378. The quantitative estimate of drug-likeness (QED) is 0.545. The second kappa shape index (κ2) is 5.53. The van der Waals surface area contributed by atoms with E-state index in [4.69, 9.17) is 5.73 Å². The maximum Gasteiger partial charge on any atom is 0.257 e. The van der Waals surface area contributed by atoms with E-state index < -0.39 is 5.91 Å². The molecule has 0 spiro atoms. The maximum absolute atomic E-state index is 11.1. The molecule has 1 rings (SSSR count). The SMILES string of the molecule is CNC(=O)c1c[nH+]cc(C(N)=O)c1.[I-]. The standard InChI is InChI=1S/C8H9N3O2.HI/c1-10-8(13)6-2-5(7(9)12)3-11-4-6;/h2-4H,1H3,(H2,9,12)(H,10,13);1H. The van der Waals surface area contributed by atoms with Gasteiger partial charge in [-0.15, -0.1) is 0 Å². The third-order valence-electron chi connectivity index (χ3n) is 1.56. The van der Waals surface area contributed by atoms with Crippen molar-refractivity contribution >= 4 is 11.8 Å². The van der Waals surface area contributed by atoms with Crippen molar-refractivity contribution in [3.8, 4) is 0 Å². The minimum atomic E-state index is -0.568. The van der Waals surface area contributed by atoms with Crippen molar-refractivity contribution in [3.63, 3.8) is 0 Å². The fourth-order valence-electron chi connectivity index (χ4n) is 0.890. The van der Waals surface area contributed by atoms with E-state index in [0.717, 1.165) is 0 Å². The normalized spacial score (nSPS) is 8.64. The maximum atomic E-state index is 11.1. The molecule has 6 heteroatoms. The Morgan fingerprint density at radius 2 is 1.93 bits per heavy atom. The van der Waals surface area contributed by atoms with E-state index in [1.807, 2.05) is 0 Å². The van der Waals surface area contributed by atoms with Gasteiger partial charge in [0.1, 0.15) is 11.1 Å². The molecule has 1 aromatic heterocycles. The number of nitrogens with one attached hydrogen (secondary N) is 2. The number of aromatic nitrogens is 1. The Hall–Kier alpha value is -1.18. The zero-order chi connectivity index (χ0) is 9.84. The lowest BCUT2D eigenvalue weighted by atomic mass is 10.2. The summed E-state index contributed by atoms with van der Waals surface area (Å²) in [6.45, 7) is 0. The molecule has 14 heavy (non-hydrogen) atoms. The Morgan fingerprint density at radius 3 is 2.43 bits per heavy atom. The topological polar surface area (TPSA) is 86.3 Å². The van der Waals surface area contributed by atoms with Gasteiger partial charge in [-0.2, -0.15) is 0 Å². The van der Waals surface area contributed by atoms with Crippen LogP contribution in [0.25, 0.3) is 0 Å². The monoisotopic (exact) mass is 307 g/mol. The number of aromatic amines is 1. The number of halogens is 1. The summed E-state index contributed by atoms with van der Waals surface area (Å²) in [5.41, 5.74) is 5.69. The number of carbonyl (C=O) groups excluding carboxylic acids is 2. The Balaban J connectivity index is 0.00000169. The Bertz CT molecular complexity index is 354. The number of rotatable bonds is 2. The second-order valence-electron chi connectivity index (χ2n) is 2.45. The predicted octanol–water partition coefficient (Wildman–Crippen LogP) is -4.04. The average molecular weight is 307 g/mol. The highest BCUT2D eigenvalue weighted by atomic mass is 127. The van der Waals surface area contributed by atoms with Gasteiger partial charge < -0.3 is 35.0 Å². The molecular weight excluding hydrogens is 297 g/mol. The zero-order valence-corrected chi connectivity index (χ0v) is 9.66. The van der Waals surface area contributed by atoms with E-state index in [0.29, 0.717) is 5.56 Å². The molecule has 76 valence electrons. The first-order valence-electron chi connectivity index (χ1n) is 3.68. The van der Waals surface area contributed by atoms with Crippen molar-refractivity contribution in [1.29, 1.82) is 0 Å². The van der Waals surface area contributed by atoms with Gasteiger partial charge in [0.2, 0.25) is 0 Å². The van der Waals surface area contributed by atoms with E-state index in [2.05, 4.69) is 10.3 Å². The van der Waals surface area contributed by atoms with Gasteiger partial charge in [-0.05, 0) is 6.07 Å². The Kier molecular flexibility index (Phi) is 5.06. The number of H-pyrrole nitrogens is 1. The van der Waals surface area contributed by atoms with Crippen LogP contribution in [0.3, 0.4) is 0 Å². The van der Waals surface area contributed by atoms with E-state index in [-0.39, 0.29) is 35.4 Å². The molecule has 0 atom stereocenters. The van der Waals surface area contributed by atoms with Gasteiger partial charge in [0.15, 0.2) is 12.4 Å². The third-order valence-corrected chi connectivity index (χ3v) is 1.56. The number of hydrogen-bond acceptors (Lipinski definition) is 2. The highest BCUT2D eigenvalue weighted by Crippen LogP contribution is 1.98. The molecule has 0 aliphatic carbocycles. The first kappa shape index (κ1) is 12.8. The molecule has 0 aromatic carbocycles. The van der Waals surface area contributed by atoms with E-state index in [1.165, 1.54) is 25.5 Å². The van der Waals surface area contributed by atoms with Crippen LogP contribution < -0.4 is 40.0 Å². The van der Waals surface area contributed by atoms with E-state index in [1.54, 1.807) is 0 Å². The number of amides is 2. The zero-order valence-electron chi connectivity index (χ0n) is 7.50. The van der Waals surface area contributed by atoms with Crippen LogP contribution in [0.15, 0.2) is 18.5 Å². The smallest absolute Gasteiger partial charge is 0.257 e. The number of nitrogens with two attached hydrogens (primary N) is 1. The summed E-state index contributed by atoms with van der Waals surface area (Å²) in [5, 5.41) is 2.44. The highest BCUT2D eigenvalue weighted by Gasteiger charge is 2.10. The summed E-state index contributed by atoms with van der Waals surface area (Å²) < 4.78 is 0. The van der Waals surface area contributed by atoms with Crippen LogP contribution in [0.1, 0.15) is 20.7 Å². The molecule has 0 aliphatic rings. The highest BCUT2D eigenvalue weighted by molar-refractivity contribution is 5.98. The molecule has 1 heterocycles. The summed E-state index contributed by atoms with van der Waals surface area (Å²) in [5.74, 6) is -0.832. The van der Waals surface area contributed by atoms with Crippen LogP contribution in [-0.4, -0.2) is 18.9 Å². The summed E-state index contributed by atoms with van der Waals surface area (Å²) >= 11 is 0. The van der Waals surface area contributed by atoms with E-state index >= 15 is 0 Å². The first-order chi connectivity index (χ1) is 6.15. The van der Waals surface area contributed by atoms with E-state index in [9.17, 15) is 9.59 Å². The molecule has 0 unspecified atom stereocenters. The summed E-state index contributed by atoms with van der Waals surface area (Å²) in [6.07, 6.45) is 2.93. The predicted molar refractivity (Wildman–Crippen MR) is 44.9 cm³/mol. The van der Waals surface area contributed by atoms with Crippen LogP contribution in [0.2, 0.25) is 0 Å². The van der Waals surface area contributed by atoms with Gasteiger partial charge in [0, 0.05) is 7.05 Å². The van der Waals surface area contributed by atoms with Gasteiger partial charge in [-0.25, -0.2) is 4.98 Å². The van der Waals surface area contributed by atoms with Crippen molar-refractivity contribution in [2.75, 3.05) is 7.05 Å². The number of primary amides is 1. The molecule has 4 N–H and O–H groups in total. The summed E-state index contributed by atoms with van der Waals surface area (Å²) in [4.78, 5) is 24.5. The van der Waals surface area contributed by atoms with Crippen molar-refractivity contribution < 1.29 is 38.5 Å². The van der Waals surface area contributed by atoms with Gasteiger partial charge in [0.25, 0.3) is 11.8 Å². The molecule has 2 amide bonds. The van der Waals surface area contributed by atoms with Gasteiger partial charge in [-0.3, -0.25) is 9.59 Å². The molecule has 0 aliphatic heterocycles. The van der Waals surface area contributed by atoms with Crippen molar-refractivity contribution in [2.24, 2.45) is 5.73 Å². The molecule has 0 fully saturated rings. The lowest BCUT2D eigenvalue weighted by Crippen LogP contribution is -3.00. The first-order valence-corrected chi connectivity index (χ1v) is 3.68. The number of hydrogen-bond donors (Lipinski definition) is 2. The Morgan fingerprint density at radius 1 is 1.36 bits per heavy atom. The summed E-state index contributed by atoms with van der Waals surface area (Å²) in [6, 6.07) is 1.43. The molecule has 0 radical (unpaired) electrons. The minimum Gasteiger partial charge on any atom is -1.00 e. The van der Waals surface area contributed by atoms with Crippen LogP contribution >= 0.6 is 0 Å². The molecule has 0 bridgehead atoms. The van der Waals surface area contributed by atoms with Crippen LogP contribution in [0.5, 0.6) is 0 Å². The fraction of sp³-hybridized carbons (Fsp3) is 0.125.